The van der Waals surface area contributed by atoms with E-state index in [1.54, 1.807) is 24.4 Å². The summed E-state index contributed by atoms with van der Waals surface area (Å²) < 4.78 is 46.9. The van der Waals surface area contributed by atoms with E-state index < -0.39 is 10.3 Å². The van der Waals surface area contributed by atoms with Crippen molar-refractivity contribution in [3.63, 3.8) is 0 Å². The number of imidazole rings is 1. The number of ether oxygens (including phenoxy) is 2. The van der Waals surface area contributed by atoms with Gasteiger partial charge < -0.3 is 14.0 Å². The monoisotopic (exact) mass is 633 g/mol. The van der Waals surface area contributed by atoms with Gasteiger partial charge in [-0.05, 0) is 50.1 Å². The molecular weight excluding hydrogens is 605 g/mol. The van der Waals surface area contributed by atoms with Gasteiger partial charge in [0.15, 0.2) is 11.2 Å². The molecule has 0 unspecified atom stereocenters. The Balaban J connectivity index is 1.23. The Kier molecular flexibility index (Phi) is 7.98. The summed E-state index contributed by atoms with van der Waals surface area (Å²) >= 11 is 13.0. The molecule has 12 nitrogen and oxygen atoms in total. The second kappa shape index (κ2) is 11.5. The first-order chi connectivity index (χ1) is 20.1. The van der Waals surface area contributed by atoms with E-state index in [-0.39, 0.29) is 18.7 Å². The zero-order valence-electron chi connectivity index (χ0n) is 22.8. The average molecular weight is 635 g/mol. The number of fused-ring (bicyclic) bond motifs is 1. The van der Waals surface area contributed by atoms with Gasteiger partial charge in [0.05, 0.1) is 17.3 Å². The van der Waals surface area contributed by atoms with Crippen molar-refractivity contribution >= 4 is 44.7 Å². The summed E-state index contributed by atoms with van der Waals surface area (Å²) in [7, 11) is -4.15. The number of halogens is 2. The lowest BCUT2D eigenvalue weighted by Crippen LogP contribution is -2.49. The number of hydrogen-bond donors (Lipinski definition) is 1. The minimum Gasteiger partial charge on any atom is -0.492 e. The number of pyridine rings is 1. The molecular formula is C27H29Cl2N7O5S. The highest BCUT2D eigenvalue weighted by Gasteiger charge is 2.41. The Labute approximate surface area is 253 Å². The molecule has 1 saturated carbocycles. The van der Waals surface area contributed by atoms with E-state index in [1.807, 2.05) is 23.6 Å². The fourth-order valence-corrected chi connectivity index (χ4v) is 5.86. The van der Waals surface area contributed by atoms with Gasteiger partial charge in [-0.25, -0.2) is 9.97 Å². The fourth-order valence-electron chi connectivity index (χ4n) is 4.80. The summed E-state index contributed by atoms with van der Waals surface area (Å²) in [5.41, 5.74) is 2.28. The van der Waals surface area contributed by atoms with Crippen molar-refractivity contribution in [1.29, 1.82) is 0 Å². The molecule has 4 aromatic rings. The number of benzene rings is 1. The van der Waals surface area contributed by atoms with Crippen LogP contribution in [0.1, 0.15) is 25.5 Å². The molecule has 2 aliphatic rings. The Hall–Kier alpha value is -3.07. The van der Waals surface area contributed by atoms with Gasteiger partial charge in [0.25, 0.3) is 0 Å². The quantitative estimate of drug-likeness (QED) is 0.255. The molecule has 222 valence electrons. The molecule has 1 aliphatic heterocycles. The fraction of sp³-hybridized carbons (Fsp3) is 0.407. The Bertz CT molecular complexity index is 1720. The Morgan fingerprint density at radius 2 is 1.83 bits per heavy atom. The summed E-state index contributed by atoms with van der Waals surface area (Å²) in [5, 5.41) is 1.01. The van der Waals surface area contributed by atoms with Crippen LogP contribution in [0.15, 0.2) is 42.9 Å². The smallest absolute Gasteiger partial charge is 0.335 e. The maximum Gasteiger partial charge on any atom is 0.335 e. The molecule has 0 atom stereocenters. The van der Waals surface area contributed by atoms with Crippen LogP contribution in [0.5, 0.6) is 11.6 Å². The lowest BCUT2D eigenvalue weighted by Gasteiger charge is -2.32. The number of rotatable bonds is 10. The molecule has 2 fully saturated rings. The standard InChI is InChI=1S/C27H29Cl2N7O5S/c1-27(5-6-27)41-26-23-25(31-17-32-26)36(16-19-14-18(28)4-7-30-19)24(33-23)21-3-2-20(15-22(21)29)40-13-12-34-8-10-35(11-9-34)42(37,38)39/h2-4,7,14-15,17H,5-6,8-13,16H2,1H3,(H,37,38,39). The van der Waals surface area contributed by atoms with E-state index in [1.165, 1.54) is 6.33 Å². The van der Waals surface area contributed by atoms with Gasteiger partial charge >= 0.3 is 10.3 Å². The van der Waals surface area contributed by atoms with Crippen LogP contribution >= 0.6 is 23.2 Å². The third-order valence-corrected chi connectivity index (χ3v) is 8.98. The van der Waals surface area contributed by atoms with E-state index in [0.29, 0.717) is 77.0 Å². The summed E-state index contributed by atoms with van der Waals surface area (Å²) in [6.07, 6.45) is 5.03. The van der Waals surface area contributed by atoms with E-state index in [9.17, 15) is 13.0 Å². The SMILES string of the molecule is CC1(Oc2ncnc3c2nc(-c2ccc(OCCN4CCN(S(=O)(=O)O)CC4)cc2Cl)n3Cc2cc(Cl)ccn2)CC1. The van der Waals surface area contributed by atoms with Gasteiger partial charge in [0.2, 0.25) is 5.88 Å². The minimum absolute atomic E-state index is 0.238. The van der Waals surface area contributed by atoms with Crippen molar-refractivity contribution in [3.8, 4) is 23.0 Å². The molecule has 0 spiro atoms. The zero-order chi connectivity index (χ0) is 29.5. The number of nitrogens with zero attached hydrogens (tertiary/aromatic N) is 7. The predicted octanol–water partition coefficient (Wildman–Crippen LogP) is 3.97. The Morgan fingerprint density at radius 3 is 2.52 bits per heavy atom. The molecule has 1 saturated heterocycles. The van der Waals surface area contributed by atoms with Gasteiger partial charge in [-0.1, -0.05) is 23.2 Å². The number of aromatic nitrogens is 5. The van der Waals surface area contributed by atoms with Crippen LogP contribution in [0.3, 0.4) is 0 Å². The topological polar surface area (TPSA) is 136 Å². The molecule has 1 aliphatic carbocycles. The highest BCUT2D eigenvalue weighted by molar-refractivity contribution is 7.83. The maximum absolute atomic E-state index is 11.3. The third-order valence-electron chi connectivity index (χ3n) is 7.41. The van der Waals surface area contributed by atoms with E-state index in [4.69, 9.17) is 37.7 Å². The lowest BCUT2D eigenvalue weighted by molar-refractivity contribution is 0.153. The highest BCUT2D eigenvalue weighted by Crippen LogP contribution is 2.41. The third kappa shape index (κ3) is 6.46. The van der Waals surface area contributed by atoms with Crippen LogP contribution in [0, 0.1) is 0 Å². The number of piperazine rings is 1. The van der Waals surface area contributed by atoms with Crippen LogP contribution in [0.2, 0.25) is 10.0 Å². The van der Waals surface area contributed by atoms with Crippen molar-refractivity contribution in [2.75, 3.05) is 39.3 Å². The summed E-state index contributed by atoms with van der Waals surface area (Å²) in [4.78, 5) is 20.4. The van der Waals surface area contributed by atoms with E-state index in [2.05, 4.69) is 19.9 Å². The molecule has 0 radical (unpaired) electrons. The second-order valence-electron chi connectivity index (χ2n) is 10.6. The van der Waals surface area contributed by atoms with E-state index in [0.717, 1.165) is 22.8 Å². The van der Waals surface area contributed by atoms with Gasteiger partial charge in [0, 0.05) is 49.5 Å². The van der Waals surface area contributed by atoms with Crippen LogP contribution in [0.25, 0.3) is 22.6 Å². The summed E-state index contributed by atoms with van der Waals surface area (Å²) in [6.45, 7) is 4.87. The molecule has 0 bridgehead atoms. The van der Waals surface area contributed by atoms with Crippen molar-refractivity contribution in [3.05, 3.63) is 58.6 Å². The first kappa shape index (κ1) is 29.0. The van der Waals surface area contributed by atoms with Gasteiger partial charge in [-0.3, -0.25) is 14.4 Å². The first-order valence-electron chi connectivity index (χ1n) is 13.5. The van der Waals surface area contributed by atoms with Crippen LogP contribution in [-0.4, -0.2) is 91.6 Å². The molecule has 3 aromatic heterocycles. The molecule has 42 heavy (non-hydrogen) atoms. The largest absolute Gasteiger partial charge is 0.492 e. The van der Waals surface area contributed by atoms with Crippen LogP contribution in [-0.2, 0) is 16.8 Å². The number of hydrogen-bond acceptors (Lipinski definition) is 9. The zero-order valence-corrected chi connectivity index (χ0v) is 25.1. The minimum atomic E-state index is -4.15. The predicted molar refractivity (Wildman–Crippen MR) is 157 cm³/mol. The van der Waals surface area contributed by atoms with Crippen molar-refractivity contribution in [2.24, 2.45) is 0 Å². The molecule has 6 rings (SSSR count). The van der Waals surface area contributed by atoms with Gasteiger partial charge in [0.1, 0.15) is 30.1 Å². The summed E-state index contributed by atoms with van der Waals surface area (Å²) in [5.74, 6) is 1.59. The average Bonchev–Trinajstić information content (AvgIpc) is 3.56. The van der Waals surface area contributed by atoms with Gasteiger partial charge in [-0.15, -0.1) is 0 Å². The second-order valence-corrected chi connectivity index (χ2v) is 12.9. The van der Waals surface area contributed by atoms with Crippen molar-refractivity contribution < 1.29 is 22.4 Å². The molecule has 4 heterocycles. The lowest BCUT2D eigenvalue weighted by atomic mass is 10.2. The molecule has 1 N–H and O–H groups in total. The Morgan fingerprint density at radius 1 is 1.05 bits per heavy atom. The molecule has 0 amide bonds. The van der Waals surface area contributed by atoms with Crippen LogP contribution in [0.4, 0.5) is 0 Å². The van der Waals surface area contributed by atoms with E-state index >= 15 is 0 Å². The van der Waals surface area contributed by atoms with Crippen molar-refractivity contribution in [1.82, 2.24) is 33.7 Å². The van der Waals surface area contributed by atoms with Crippen molar-refractivity contribution in [2.45, 2.75) is 31.9 Å². The van der Waals surface area contributed by atoms with Crippen LogP contribution < -0.4 is 9.47 Å². The summed E-state index contributed by atoms with van der Waals surface area (Å²) in [6, 6.07) is 8.93. The molecule has 1 aromatic carbocycles. The highest BCUT2D eigenvalue weighted by atomic mass is 35.5. The first-order valence-corrected chi connectivity index (χ1v) is 15.6. The normalized spacial score (nSPS) is 17.4. The molecule has 15 heteroatoms. The van der Waals surface area contributed by atoms with Gasteiger partial charge in [-0.2, -0.15) is 17.7 Å². The maximum atomic E-state index is 11.3.